The zero-order chi connectivity index (χ0) is 18.5. The Hall–Kier alpha value is -2.67. The van der Waals surface area contributed by atoms with E-state index >= 15 is 0 Å². The van der Waals surface area contributed by atoms with Gasteiger partial charge in [0.2, 0.25) is 0 Å². The fraction of sp³-hybridized carbons (Fsp3) is 0. The van der Waals surface area contributed by atoms with Gasteiger partial charge in [-0.3, -0.25) is 0 Å². The Kier molecular flexibility index (Phi) is 5.20. The van der Waals surface area contributed by atoms with Crippen LogP contribution in [0.5, 0.6) is 0 Å². The van der Waals surface area contributed by atoms with E-state index in [1.807, 2.05) is 48.3 Å². The van der Waals surface area contributed by atoms with E-state index in [1.165, 1.54) is 15.9 Å². The van der Waals surface area contributed by atoms with Crippen LogP contribution in [0.2, 0.25) is 0 Å². The Morgan fingerprint density at radius 2 is 1.19 bits per heavy atom. The molecule has 0 saturated heterocycles. The normalized spacial score (nSPS) is 12.1. The molecular weight excluding hydrogens is 367 g/mol. The molecule has 0 aliphatic carbocycles. The van der Waals surface area contributed by atoms with Crippen LogP contribution in [0, 0.1) is 0 Å². The van der Waals surface area contributed by atoms with Crippen molar-refractivity contribution in [2.75, 3.05) is 0 Å². The van der Waals surface area contributed by atoms with Gasteiger partial charge in [-0.25, -0.2) is 0 Å². The summed E-state index contributed by atoms with van der Waals surface area (Å²) in [6, 6.07) is 32.6. The van der Waals surface area contributed by atoms with E-state index in [2.05, 4.69) is 65.4 Å². The van der Waals surface area contributed by atoms with Gasteiger partial charge in [0, 0.05) is 5.38 Å². The molecule has 1 heterocycles. The van der Waals surface area contributed by atoms with Gasteiger partial charge in [-0.15, -0.1) is 11.3 Å². The first-order valence-corrected chi connectivity index (χ1v) is 11.6. The topological polar surface area (TPSA) is 23.1 Å². The third-order valence-electron chi connectivity index (χ3n) is 4.61. The van der Waals surface area contributed by atoms with E-state index in [0.717, 1.165) is 5.56 Å². The minimum atomic E-state index is -2.19. The Bertz CT molecular complexity index is 970. The summed E-state index contributed by atoms with van der Waals surface area (Å²) in [7, 11) is -2.19. The van der Waals surface area contributed by atoms with Gasteiger partial charge in [-0.1, -0.05) is 72.5 Å². The van der Waals surface area contributed by atoms with Crippen molar-refractivity contribution < 1.29 is 5.11 Å². The summed E-state index contributed by atoms with van der Waals surface area (Å²) in [5.74, 6) is 2.05. The summed E-state index contributed by atoms with van der Waals surface area (Å²) in [6.45, 7) is 0. The van der Waals surface area contributed by atoms with Gasteiger partial charge in [0.15, 0.2) is 0 Å². The lowest BCUT2D eigenvalue weighted by Gasteiger charge is -2.26. The van der Waals surface area contributed by atoms with Gasteiger partial charge in [-0.2, -0.15) is 0 Å². The second-order valence-corrected chi connectivity index (χ2v) is 10.3. The number of thiophene rings is 1. The zero-order valence-corrected chi connectivity index (χ0v) is 16.4. The molecule has 0 N–H and O–H groups in total. The third kappa shape index (κ3) is 3.47. The van der Waals surface area contributed by atoms with Gasteiger partial charge in [0.1, 0.15) is 23.2 Å². The van der Waals surface area contributed by atoms with Crippen LogP contribution in [0.4, 0.5) is 0 Å². The van der Waals surface area contributed by atoms with Crippen molar-refractivity contribution in [1.29, 1.82) is 0 Å². The maximum absolute atomic E-state index is 13.3. The predicted octanol–water partition coefficient (Wildman–Crippen LogP) is 4.40. The fourth-order valence-electron chi connectivity index (χ4n) is 3.31. The highest BCUT2D eigenvalue weighted by atomic mass is 32.1. The molecule has 0 spiro atoms. The second kappa shape index (κ2) is 7.92. The van der Waals surface area contributed by atoms with Gasteiger partial charge >= 0.3 is 0 Å². The van der Waals surface area contributed by atoms with Crippen molar-refractivity contribution in [3.05, 3.63) is 119 Å². The van der Waals surface area contributed by atoms with Crippen molar-refractivity contribution in [3.63, 3.8) is 0 Å². The zero-order valence-electron chi connectivity index (χ0n) is 14.7. The summed E-state index contributed by atoms with van der Waals surface area (Å²) in [4.78, 5) is 0. The Morgan fingerprint density at radius 1 is 0.667 bits per heavy atom. The van der Waals surface area contributed by atoms with E-state index in [1.54, 1.807) is 11.3 Å². The van der Waals surface area contributed by atoms with Crippen LogP contribution in [0.3, 0.4) is 0 Å². The van der Waals surface area contributed by atoms with E-state index in [4.69, 9.17) is 0 Å². The number of hydrogen-bond donors (Lipinski definition) is 0. The summed E-state index contributed by atoms with van der Waals surface area (Å²) in [5.41, 5.74) is 0.726. The first-order valence-electron chi connectivity index (χ1n) is 8.79. The molecule has 27 heavy (non-hydrogen) atoms. The van der Waals surface area contributed by atoms with Crippen LogP contribution < -0.4 is 21.0 Å². The predicted molar refractivity (Wildman–Crippen MR) is 117 cm³/mol. The van der Waals surface area contributed by atoms with Gasteiger partial charge in [0.05, 0.1) is 5.82 Å². The van der Waals surface area contributed by atoms with Crippen LogP contribution in [0.1, 0.15) is 5.56 Å². The molecule has 0 saturated carbocycles. The van der Waals surface area contributed by atoms with E-state index in [0.29, 0.717) is 0 Å². The third-order valence-corrected chi connectivity index (χ3v) is 9.41. The Balaban J connectivity index is 2.02. The summed E-state index contributed by atoms with van der Waals surface area (Å²) in [5, 5.41) is 21.2. The molecule has 4 aromatic rings. The number of rotatable bonds is 5. The minimum absolute atomic E-state index is 0.0721. The fourth-order valence-corrected chi connectivity index (χ4v) is 8.22. The highest BCUT2D eigenvalue weighted by Gasteiger charge is 2.43. The lowest BCUT2D eigenvalue weighted by molar-refractivity contribution is -0.243. The van der Waals surface area contributed by atoms with Crippen LogP contribution >= 0.6 is 18.6 Å². The quantitative estimate of drug-likeness (QED) is 0.368. The SMILES string of the molecule is [O-]/C(=C\[P+](c1ccccc1)(c1ccccc1)c1ccsc1)c1ccccc1. The highest BCUT2D eigenvalue weighted by Crippen LogP contribution is 2.58. The van der Waals surface area contributed by atoms with Gasteiger partial charge in [0.25, 0.3) is 0 Å². The Labute approximate surface area is 164 Å². The molecule has 0 atom stereocenters. The molecular formula is C24H19OPS. The number of benzene rings is 3. The average molecular weight is 386 g/mol. The monoisotopic (exact) mass is 386 g/mol. The molecule has 0 amide bonds. The molecule has 3 aromatic carbocycles. The van der Waals surface area contributed by atoms with Gasteiger partial charge < -0.3 is 5.11 Å². The summed E-state index contributed by atoms with van der Waals surface area (Å²) in [6.07, 6.45) is 0. The molecule has 0 aliphatic rings. The van der Waals surface area contributed by atoms with Gasteiger partial charge in [-0.05, 0) is 41.3 Å². The van der Waals surface area contributed by atoms with Crippen molar-refractivity contribution in [2.45, 2.75) is 0 Å². The van der Waals surface area contributed by atoms with Crippen LogP contribution in [0.15, 0.2) is 114 Å². The molecule has 1 nitrogen and oxygen atoms in total. The Morgan fingerprint density at radius 3 is 1.67 bits per heavy atom. The maximum atomic E-state index is 13.3. The molecule has 0 fully saturated rings. The first-order chi connectivity index (χ1) is 13.3. The molecule has 0 bridgehead atoms. The second-order valence-electron chi connectivity index (χ2n) is 6.23. The molecule has 3 heteroatoms. The van der Waals surface area contributed by atoms with Crippen LogP contribution in [0.25, 0.3) is 5.76 Å². The largest absolute Gasteiger partial charge is 0.870 e. The van der Waals surface area contributed by atoms with Crippen LogP contribution in [-0.2, 0) is 0 Å². The molecule has 4 rings (SSSR count). The lowest BCUT2D eigenvalue weighted by Crippen LogP contribution is -2.29. The maximum Gasteiger partial charge on any atom is 0.137 e. The smallest absolute Gasteiger partial charge is 0.137 e. The van der Waals surface area contributed by atoms with Crippen molar-refractivity contribution >= 4 is 40.3 Å². The minimum Gasteiger partial charge on any atom is -0.870 e. The van der Waals surface area contributed by atoms with Crippen molar-refractivity contribution in [1.82, 2.24) is 0 Å². The first kappa shape index (κ1) is 17.7. The van der Waals surface area contributed by atoms with E-state index in [-0.39, 0.29) is 5.76 Å². The average Bonchev–Trinajstić information content (AvgIpc) is 3.29. The summed E-state index contributed by atoms with van der Waals surface area (Å²) < 4.78 is 0. The van der Waals surface area contributed by atoms with E-state index in [9.17, 15) is 5.11 Å². The van der Waals surface area contributed by atoms with E-state index < -0.39 is 7.26 Å². The van der Waals surface area contributed by atoms with Crippen molar-refractivity contribution in [2.24, 2.45) is 0 Å². The number of hydrogen-bond acceptors (Lipinski definition) is 2. The standard InChI is InChI=1S/C24H19OPS/c25-24(20-10-4-1-5-11-20)18-26(23-16-17-27-19-23,21-12-6-2-7-13-21)22-14-8-3-9-15-22/h1-19H/b24-18-. The molecule has 0 aliphatic heterocycles. The van der Waals surface area contributed by atoms with Crippen molar-refractivity contribution in [3.8, 4) is 0 Å². The summed E-state index contributed by atoms with van der Waals surface area (Å²) >= 11 is 1.68. The van der Waals surface area contributed by atoms with Crippen LogP contribution in [-0.4, -0.2) is 0 Å². The molecule has 132 valence electrons. The molecule has 0 unspecified atom stereocenters. The molecule has 1 aromatic heterocycles. The molecule has 0 radical (unpaired) electrons. The highest BCUT2D eigenvalue weighted by molar-refractivity contribution is 7.98. The lowest BCUT2D eigenvalue weighted by atomic mass is 10.2.